The fourth-order valence-corrected chi connectivity index (χ4v) is 1.95. The molecule has 1 amide bonds. The molecule has 0 unspecified atom stereocenters. The molecular formula is C20H27N3O3. The lowest BCUT2D eigenvalue weighted by molar-refractivity contribution is -0.130. The Morgan fingerprint density at radius 2 is 1.81 bits per heavy atom. The maximum absolute atomic E-state index is 12.3. The molecule has 0 aliphatic heterocycles. The van der Waals surface area contributed by atoms with Gasteiger partial charge in [-0.2, -0.15) is 0 Å². The Balaban J connectivity index is 1.99. The summed E-state index contributed by atoms with van der Waals surface area (Å²) in [6.45, 7) is 9.00. The van der Waals surface area contributed by atoms with Gasteiger partial charge in [-0.25, -0.2) is 4.98 Å². The molecule has 1 aromatic carbocycles. The molecule has 0 bridgehead atoms. The molecule has 140 valence electrons. The molecule has 2 rings (SSSR count). The van der Waals surface area contributed by atoms with E-state index < -0.39 is 11.2 Å². The van der Waals surface area contributed by atoms with Crippen molar-refractivity contribution >= 4 is 17.4 Å². The summed E-state index contributed by atoms with van der Waals surface area (Å²) in [5.41, 5.74) is 3.32. The summed E-state index contributed by atoms with van der Waals surface area (Å²) >= 11 is 0. The first kappa shape index (κ1) is 19.9. The average molecular weight is 357 g/mol. The molecule has 2 aromatic rings. The van der Waals surface area contributed by atoms with Gasteiger partial charge in [-0.05, 0) is 76.1 Å². The average Bonchev–Trinajstić information content (AvgIpc) is 2.59. The Labute approximate surface area is 154 Å². The summed E-state index contributed by atoms with van der Waals surface area (Å²) in [4.78, 5) is 22.1. The van der Waals surface area contributed by atoms with Crippen LogP contribution >= 0.6 is 0 Å². The van der Waals surface area contributed by atoms with Crippen LogP contribution < -0.4 is 10.8 Å². The monoisotopic (exact) mass is 357 g/mol. The van der Waals surface area contributed by atoms with E-state index >= 15 is 0 Å². The molecule has 0 spiro atoms. The Bertz CT molecular complexity index is 750. The molecule has 1 heterocycles. The molecule has 0 radical (unpaired) electrons. The summed E-state index contributed by atoms with van der Waals surface area (Å²) in [5, 5.41) is 12.9. The van der Waals surface area contributed by atoms with Crippen LogP contribution in [-0.2, 0) is 11.3 Å². The first-order valence-corrected chi connectivity index (χ1v) is 8.65. The summed E-state index contributed by atoms with van der Waals surface area (Å²) in [6, 6.07) is 10.7. The second-order valence-corrected chi connectivity index (χ2v) is 7.21. The standard InChI is InChI=1S/C20H27N3O3/c1-6-14-11-12-21-17(13-14)22-18(24)15-7-9-16(10-8-15)23-26-20(4,5)19(2,3)25/h7-13,23,25H,6H2,1-5H3,(H,21,22,24). The second-order valence-electron chi connectivity index (χ2n) is 7.21. The summed E-state index contributed by atoms with van der Waals surface area (Å²) in [6.07, 6.45) is 2.57. The normalized spacial score (nSPS) is 11.9. The summed E-state index contributed by atoms with van der Waals surface area (Å²) in [5.74, 6) is 0.307. The number of benzene rings is 1. The van der Waals surface area contributed by atoms with E-state index in [-0.39, 0.29) is 5.91 Å². The highest BCUT2D eigenvalue weighted by molar-refractivity contribution is 6.03. The molecule has 1 aromatic heterocycles. The van der Waals surface area contributed by atoms with Crippen LogP contribution in [-0.4, -0.2) is 27.2 Å². The van der Waals surface area contributed by atoms with Gasteiger partial charge in [-0.3, -0.25) is 15.1 Å². The number of carbonyl (C=O) groups is 1. The highest BCUT2D eigenvalue weighted by Crippen LogP contribution is 2.25. The summed E-state index contributed by atoms with van der Waals surface area (Å²) < 4.78 is 0. The molecule has 0 saturated heterocycles. The zero-order valence-electron chi connectivity index (χ0n) is 16.0. The topological polar surface area (TPSA) is 83.5 Å². The van der Waals surface area contributed by atoms with E-state index in [4.69, 9.17) is 4.84 Å². The van der Waals surface area contributed by atoms with Crippen molar-refractivity contribution in [1.29, 1.82) is 0 Å². The Hall–Kier alpha value is -2.44. The van der Waals surface area contributed by atoms with E-state index in [0.717, 1.165) is 12.0 Å². The highest BCUT2D eigenvalue weighted by atomic mass is 16.7. The maximum Gasteiger partial charge on any atom is 0.256 e. The van der Waals surface area contributed by atoms with Crippen LogP contribution in [0.4, 0.5) is 11.5 Å². The highest BCUT2D eigenvalue weighted by Gasteiger charge is 2.37. The lowest BCUT2D eigenvalue weighted by Crippen LogP contribution is -2.48. The van der Waals surface area contributed by atoms with Gasteiger partial charge in [0, 0.05) is 11.8 Å². The van der Waals surface area contributed by atoms with Crippen molar-refractivity contribution < 1.29 is 14.7 Å². The molecule has 6 heteroatoms. The molecule has 0 aliphatic carbocycles. The Morgan fingerprint density at radius 3 is 2.38 bits per heavy atom. The van der Waals surface area contributed by atoms with E-state index in [9.17, 15) is 9.90 Å². The first-order chi connectivity index (χ1) is 12.1. The third-order valence-electron chi connectivity index (χ3n) is 4.52. The molecule has 3 N–H and O–H groups in total. The van der Waals surface area contributed by atoms with Crippen LogP contribution in [0.25, 0.3) is 0 Å². The molecule has 6 nitrogen and oxygen atoms in total. The smallest absolute Gasteiger partial charge is 0.256 e. The minimum atomic E-state index is -1.01. The maximum atomic E-state index is 12.3. The Morgan fingerprint density at radius 1 is 1.15 bits per heavy atom. The number of hydrogen-bond acceptors (Lipinski definition) is 5. The van der Waals surface area contributed by atoms with E-state index in [2.05, 4.69) is 15.8 Å². The number of hydrogen-bond donors (Lipinski definition) is 3. The van der Waals surface area contributed by atoms with Crippen molar-refractivity contribution in [3.05, 3.63) is 53.7 Å². The summed E-state index contributed by atoms with van der Waals surface area (Å²) in [7, 11) is 0. The molecule has 0 fully saturated rings. The van der Waals surface area contributed by atoms with Gasteiger partial charge in [0.1, 0.15) is 11.4 Å². The van der Waals surface area contributed by atoms with Gasteiger partial charge in [0.2, 0.25) is 0 Å². The fraction of sp³-hybridized carbons (Fsp3) is 0.400. The van der Waals surface area contributed by atoms with Crippen LogP contribution in [0, 0.1) is 0 Å². The van der Waals surface area contributed by atoms with Crippen molar-refractivity contribution in [2.45, 2.75) is 52.2 Å². The molecular weight excluding hydrogens is 330 g/mol. The number of aryl methyl sites for hydroxylation is 1. The van der Waals surface area contributed by atoms with Crippen LogP contribution in [0.15, 0.2) is 42.6 Å². The third kappa shape index (κ3) is 5.03. The fourth-order valence-electron chi connectivity index (χ4n) is 1.95. The van der Waals surface area contributed by atoms with Gasteiger partial charge in [0.15, 0.2) is 0 Å². The molecule has 0 saturated carbocycles. The third-order valence-corrected chi connectivity index (χ3v) is 4.52. The second kappa shape index (κ2) is 7.85. The predicted molar refractivity (Wildman–Crippen MR) is 103 cm³/mol. The van der Waals surface area contributed by atoms with E-state index in [1.54, 1.807) is 58.2 Å². The minimum absolute atomic E-state index is 0.227. The van der Waals surface area contributed by atoms with Crippen LogP contribution in [0.3, 0.4) is 0 Å². The quantitative estimate of drug-likeness (QED) is 0.657. The van der Waals surface area contributed by atoms with E-state index in [1.165, 1.54) is 0 Å². The number of nitrogens with one attached hydrogen (secondary N) is 2. The zero-order chi connectivity index (χ0) is 19.4. The van der Waals surface area contributed by atoms with Crippen LogP contribution in [0.2, 0.25) is 0 Å². The number of amides is 1. The van der Waals surface area contributed by atoms with Gasteiger partial charge in [0.05, 0.1) is 11.3 Å². The lowest BCUT2D eigenvalue weighted by atomic mass is 9.90. The van der Waals surface area contributed by atoms with E-state index in [1.807, 2.05) is 19.1 Å². The largest absolute Gasteiger partial charge is 0.387 e. The SMILES string of the molecule is CCc1ccnc(NC(=O)c2ccc(NOC(C)(C)C(C)(C)O)cc2)c1. The number of rotatable bonds is 7. The first-order valence-electron chi connectivity index (χ1n) is 8.65. The van der Waals surface area contributed by atoms with Gasteiger partial charge >= 0.3 is 0 Å². The number of pyridine rings is 1. The van der Waals surface area contributed by atoms with E-state index in [0.29, 0.717) is 17.1 Å². The number of carbonyl (C=O) groups excluding carboxylic acids is 1. The molecule has 0 atom stereocenters. The lowest BCUT2D eigenvalue weighted by Gasteiger charge is -2.36. The van der Waals surface area contributed by atoms with Crippen molar-refractivity contribution in [1.82, 2.24) is 4.98 Å². The van der Waals surface area contributed by atoms with Gasteiger partial charge in [0.25, 0.3) is 5.91 Å². The van der Waals surface area contributed by atoms with Gasteiger partial charge in [-0.1, -0.05) is 6.92 Å². The molecule has 0 aliphatic rings. The number of nitrogens with zero attached hydrogens (tertiary/aromatic N) is 1. The Kier molecular flexibility index (Phi) is 6.00. The van der Waals surface area contributed by atoms with Crippen molar-refractivity contribution in [3.63, 3.8) is 0 Å². The van der Waals surface area contributed by atoms with Gasteiger partial charge < -0.3 is 10.4 Å². The zero-order valence-corrected chi connectivity index (χ0v) is 16.0. The van der Waals surface area contributed by atoms with Crippen LogP contribution in [0.1, 0.15) is 50.5 Å². The van der Waals surface area contributed by atoms with Crippen molar-refractivity contribution in [2.75, 3.05) is 10.8 Å². The minimum Gasteiger partial charge on any atom is -0.387 e. The molecule has 26 heavy (non-hydrogen) atoms. The number of aliphatic hydroxyl groups is 1. The van der Waals surface area contributed by atoms with Crippen LogP contribution in [0.5, 0.6) is 0 Å². The predicted octanol–water partition coefficient (Wildman–Crippen LogP) is 3.79. The van der Waals surface area contributed by atoms with Crippen molar-refractivity contribution in [3.8, 4) is 0 Å². The number of aromatic nitrogens is 1. The van der Waals surface area contributed by atoms with Crippen molar-refractivity contribution in [2.24, 2.45) is 0 Å². The van der Waals surface area contributed by atoms with Gasteiger partial charge in [-0.15, -0.1) is 0 Å². The number of anilines is 2.